The largest absolute Gasteiger partial charge is 0.361 e. The first-order valence-corrected chi connectivity index (χ1v) is 10.8. The number of halogens is 1. The van der Waals surface area contributed by atoms with Gasteiger partial charge in [0.15, 0.2) is 0 Å². The van der Waals surface area contributed by atoms with Crippen molar-refractivity contribution in [2.45, 2.75) is 19.4 Å². The molecule has 5 rings (SSSR count). The Kier molecular flexibility index (Phi) is 5.33. The molecule has 158 valence electrons. The van der Waals surface area contributed by atoms with E-state index in [0.29, 0.717) is 11.4 Å². The quantitative estimate of drug-likeness (QED) is 0.373. The van der Waals surface area contributed by atoms with Crippen LogP contribution in [0, 0.1) is 0 Å². The predicted octanol–water partition coefficient (Wildman–Crippen LogP) is 6.27. The number of hydrazone groups is 1. The lowest BCUT2D eigenvalue weighted by molar-refractivity contribution is -0.130. The number of carbonyl (C=O) groups excluding carboxylic acids is 1. The number of nitrogens with zero attached hydrogens (tertiary/aromatic N) is 3. The summed E-state index contributed by atoms with van der Waals surface area (Å²) >= 11 is 6.20. The van der Waals surface area contributed by atoms with Crippen molar-refractivity contribution in [1.82, 2.24) is 9.99 Å². The van der Waals surface area contributed by atoms with Gasteiger partial charge in [-0.05, 0) is 29.8 Å². The molecule has 0 fully saturated rings. The van der Waals surface area contributed by atoms with Crippen LogP contribution in [0.2, 0.25) is 5.02 Å². The van der Waals surface area contributed by atoms with Crippen LogP contribution in [0.15, 0.2) is 89.1 Å². The molecule has 1 aromatic heterocycles. The number of amides is 1. The maximum absolute atomic E-state index is 12.3. The highest BCUT2D eigenvalue weighted by atomic mass is 35.5. The van der Waals surface area contributed by atoms with Gasteiger partial charge >= 0.3 is 0 Å². The normalized spacial score (nSPS) is 16.1. The summed E-state index contributed by atoms with van der Waals surface area (Å²) in [4.78, 5) is 20.4. The molecule has 1 N–H and O–H groups in total. The summed E-state index contributed by atoms with van der Waals surface area (Å²) < 4.78 is 0. The second kappa shape index (κ2) is 8.44. The lowest BCUT2D eigenvalue weighted by atomic mass is 9.97. The van der Waals surface area contributed by atoms with Gasteiger partial charge in [-0.1, -0.05) is 60.1 Å². The van der Waals surface area contributed by atoms with Crippen LogP contribution in [0.3, 0.4) is 0 Å². The van der Waals surface area contributed by atoms with Crippen molar-refractivity contribution in [3.63, 3.8) is 0 Å². The van der Waals surface area contributed by atoms with Crippen molar-refractivity contribution in [2.24, 2.45) is 10.1 Å². The zero-order chi connectivity index (χ0) is 22.1. The number of hydrogen-bond acceptors (Lipinski definition) is 3. The number of aromatic nitrogens is 1. The molecule has 1 atom stereocenters. The average molecular weight is 441 g/mol. The molecule has 32 heavy (non-hydrogen) atoms. The first kappa shape index (κ1) is 20.2. The van der Waals surface area contributed by atoms with Crippen LogP contribution in [0.1, 0.15) is 36.1 Å². The Labute approximate surface area is 191 Å². The molecule has 0 radical (unpaired) electrons. The molecule has 1 unspecified atom stereocenters. The molecule has 0 saturated heterocycles. The molecular formula is C26H21ClN4O. The monoisotopic (exact) mass is 440 g/mol. The lowest BCUT2D eigenvalue weighted by Gasteiger charge is -2.20. The third-order valence-electron chi connectivity index (χ3n) is 5.65. The number of aliphatic imine (C=N–C) groups is 1. The number of benzene rings is 3. The number of rotatable bonds is 4. The molecule has 3 aromatic carbocycles. The van der Waals surface area contributed by atoms with Crippen molar-refractivity contribution >= 4 is 46.0 Å². The summed E-state index contributed by atoms with van der Waals surface area (Å²) in [5, 5.41) is 7.98. The molecule has 4 aromatic rings. The third-order valence-corrected chi connectivity index (χ3v) is 5.88. The minimum atomic E-state index is -0.188. The van der Waals surface area contributed by atoms with Crippen LogP contribution < -0.4 is 0 Å². The van der Waals surface area contributed by atoms with Crippen LogP contribution in [-0.4, -0.2) is 27.8 Å². The summed E-state index contributed by atoms with van der Waals surface area (Å²) in [5.41, 5.74) is 5.61. The van der Waals surface area contributed by atoms with Gasteiger partial charge < -0.3 is 4.98 Å². The Bertz CT molecular complexity index is 1370. The van der Waals surface area contributed by atoms with Gasteiger partial charge in [0.2, 0.25) is 5.91 Å². The number of hydrogen-bond donors (Lipinski definition) is 1. The zero-order valence-corrected chi connectivity index (χ0v) is 18.3. The van der Waals surface area contributed by atoms with Gasteiger partial charge in [-0.15, -0.1) is 0 Å². The summed E-state index contributed by atoms with van der Waals surface area (Å²) in [6, 6.07) is 23.4. The molecule has 0 bridgehead atoms. The van der Waals surface area contributed by atoms with Gasteiger partial charge in [-0.2, -0.15) is 5.10 Å². The highest BCUT2D eigenvalue weighted by Crippen LogP contribution is 2.35. The van der Waals surface area contributed by atoms with E-state index in [2.05, 4.69) is 16.2 Å². The topological polar surface area (TPSA) is 60.8 Å². The van der Waals surface area contributed by atoms with E-state index in [-0.39, 0.29) is 11.9 Å². The molecule has 0 aliphatic carbocycles. The van der Waals surface area contributed by atoms with Crippen LogP contribution in [0.4, 0.5) is 5.69 Å². The minimum absolute atomic E-state index is 0.107. The fourth-order valence-electron chi connectivity index (χ4n) is 4.11. The Morgan fingerprint density at radius 2 is 1.94 bits per heavy atom. The van der Waals surface area contributed by atoms with Crippen LogP contribution in [0.5, 0.6) is 0 Å². The molecular weight excluding hydrogens is 420 g/mol. The van der Waals surface area contributed by atoms with E-state index in [4.69, 9.17) is 16.6 Å². The predicted molar refractivity (Wildman–Crippen MR) is 130 cm³/mol. The van der Waals surface area contributed by atoms with E-state index < -0.39 is 0 Å². The molecule has 0 saturated carbocycles. The first-order valence-electron chi connectivity index (χ1n) is 10.4. The van der Waals surface area contributed by atoms with Crippen molar-refractivity contribution < 1.29 is 4.79 Å². The number of fused-ring (bicyclic) bond motifs is 1. The van der Waals surface area contributed by atoms with Crippen LogP contribution >= 0.6 is 11.6 Å². The Balaban J connectivity index is 1.49. The van der Waals surface area contributed by atoms with Gasteiger partial charge in [0.25, 0.3) is 0 Å². The maximum Gasteiger partial charge on any atom is 0.240 e. The molecule has 5 nitrogen and oxygen atoms in total. The van der Waals surface area contributed by atoms with E-state index in [1.54, 1.807) is 5.01 Å². The Morgan fingerprint density at radius 3 is 2.78 bits per heavy atom. The second-order valence-corrected chi connectivity index (χ2v) is 8.19. The average Bonchev–Trinajstić information content (AvgIpc) is 3.43. The summed E-state index contributed by atoms with van der Waals surface area (Å²) in [6.45, 7) is 1.53. The molecule has 2 heterocycles. The minimum Gasteiger partial charge on any atom is -0.361 e. The SMILES string of the molecule is CC(=O)N1N=C(c2ccccc2N=Cc2c[nH]c3ccccc23)CC1c1cccc(Cl)c1. The summed E-state index contributed by atoms with van der Waals surface area (Å²) in [5.74, 6) is -0.107. The highest BCUT2D eigenvalue weighted by Gasteiger charge is 2.32. The fourth-order valence-corrected chi connectivity index (χ4v) is 4.31. The maximum atomic E-state index is 12.3. The molecule has 1 aliphatic rings. The Hall–Kier alpha value is -3.70. The van der Waals surface area contributed by atoms with E-state index in [1.165, 1.54) is 6.92 Å². The molecule has 1 aliphatic heterocycles. The second-order valence-electron chi connectivity index (χ2n) is 7.75. The van der Waals surface area contributed by atoms with Crippen molar-refractivity contribution in [3.8, 4) is 0 Å². The summed E-state index contributed by atoms with van der Waals surface area (Å²) in [6.07, 6.45) is 4.42. The Morgan fingerprint density at radius 1 is 1.12 bits per heavy atom. The first-order chi connectivity index (χ1) is 15.6. The smallest absolute Gasteiger partial charge is 0.240 e. The standard InChI is InChI=1S/C26H21ClN4O/c1-17(32)31-26(18-7-6-8-20(27)13-18)14-25(30-31)22-10-3-5-12-24(22)29-16-19-15-28-23-11-4-2-9-21(19)23/h2-13,15-16,26,28H,14H2,1H3. The van der Waals surface area contributed by atoms with Gasteiger partial charge in [0.05, 0.1) is 17.4 Å². The van der Waals surface area contributed by atoms with Gasteiger partial charge in [0.1, 0.15) is 0 Å². The van der Waals surface area contributed by atoms with Crippen LogP contribution in [-0.2, 0) is 4.79 Å². The van der Waals surface area contributed by atoms with E-state index in [1.807, 2.05) is 79.1 Å². The molecule has 0 spiro atoms. The summed E-state index contributed by atoms with van der Waals surface area (Å²) in [7, 11) is 0. The number of nitrogens with one attached hydrogen (secondary N) is 1. The van der Waals surface area contributed by atoms with Crippen molar-refractivity contribution in [1.29, 1.82) is 0 Å². The fraction of sp³-hybridized carbons (Fsp3) is 0.115. The number of para-hydroxylation sites is 2. The van der Waals surface area contributed by atoms with Gasteiger partial charge in [0, 0.05) is 52.8 Å². The van der Waals surface area contributed by atoms with Crippen LogP contribution in [0.25, 0.3) is 10.9 Å². The van der Waals surface area contributed by atoms with Gasteiger partial charge in [-0.3, -0.25) is 9.79 Å². The number of H-pyrrole nitrogens is 1. The van der Waals surface area contributed by atoms with E-state index in [0.717, 1.165) is 39.0 Å². The molecule has 1 amide bonds. The van der Waals surface area contributed by atoms with E-state index in [9.17, 15) is 4.79 Å². The highest BCUT2D eigenvalue weighted by molar-refractivity contribution is 6.30. The van der Waals surface area contributed by atoms with Crippen molar-refractivity contribution in [2.75, 3.05) is 0 Å². The van der Waals surface area contributed by atoms with E-state index >= 15 is 0 Å². The number of aromatic amines is 1. The third kappa shape index (κ3) is 3.83. The van der Waals surface area contributed by atoms with Crippen molar-refractivity contribution in [3.05, 3.63) is 101 Å². The van der Waals surface area contributed by atoms with Gasteiger partial charge in [-0.25, -0.2) is 5.01 Å². The lowest BCUT2D eigenvalue weighted by Crippen LogP contribution is -2.24. The number of carbonyl (C=O) groups is 1. The zero-order valence-electron chi connectivity index (χ0n) is 17.5. The molecule has 6 heteroatoms.